The molecule has 0 aliphatic carbocycles. The van der Waals surface area contributed by atoms with Crippen molar-refractivity contribution in [2.24, 2.45) is 0 Å². The molecular weight excluding hydrogens is 387 g/mol. The van der Waals surface area contributed by atoms with Gasteiger partial charge in [0.05, 0.1) is 16.7 Å². The van der Waals surface area contributed by atoms with E-state index >= 15 is 0 Å². The molecule has 0 saturated carbocycles. The molecule has 0 aliphatic rings. The molecule has 28 heavy (non-hydrogen) atoms. The summed E-state index contributed by atoms with van der Waals surface area (Å²) in [6.07, 6.45) is -0.913. The molecule has 1 heterocycles. The van der Waals surface area contributed by atoms with Crippen LogP contribution in [0.1, 0.15) is 30.0 Å². The van der Waals surface area contributed by atoms with Gasteiger partial charge < -0.3 is 19.9 Å². The van der Waals surface area contributed by atoms with Crippen LogP contribution in [0.5, 0.6) is 5.75 Å². The van der Waals surface area contributed by atoms with Gasteiger partial charge in [0.1, 0.15) is 12.1 Å². The van der Waals surface area contributed by atoms with Crippen molar-refractivity contribution in [1.29, 1.82) is 5.26 Å². The van der Waals surface area contributed by atoms with Gasteiger partial charge in [-0.05, 0) is 49.7 Å². The van der Waals surface area contributed by atoms with Crippen LogP contribution in [0.2, 0.25) is 5.02 Å². The number of halogens is 2. The third-order valence-corrected chi connectivity index (χ3v) is 4.69. The lowest BCUT2D eigenvalue weighted by Crippen LogP contribution is -2.23. The van der Waals surface area contributed by atoms with Gasteiger partial charge in [-0.3, -0.25) is 0 Å². The molecule has 9 heteroatoms. The fourth-order valence-corrected chi connectivity index (χ4v) is 2.81. The summed E-state index contributed by atoms with van der Waals surface area (Å²) in [6.45, 7) is 3.29. The largest absolute Gasteiger partial charge is 0.505 e. The van der Waals surface area contributed by atoms with E-state index in [-0.39, 0.29) is 11.8 Å². The molecule has 2 aromatic carbocycles. The molecule has 144 valence electrons. The maximum absolute atomic E-state index is 13.2. The van der Waals surface area contributed by atoms with Gasteiger partial charge >= 0.3 is 0 Å². The fraction of sp³-hybridized carbons (Fsp3) is 0.211. The van der Waals surface area contributed by atoms with Gasteiger partial charge in [-0.25, -0.2) is 4.39 Å². The third-order valence-electron chi connectivity index (χ3n) is 4.20. The predicted molar refractivity (Wildman–Crippen MR) is 100 cm³/mol. The molecule has 2 atom stereocenters. The number of aliphatic hydroxyl groups excluding tert-OH is 1. The summed E-state index contributed by atoms with van der Waals surface area (Å²) >= 11 is 6.19. The monoisotopic (exact) mass is 402 g/mol. The van der Waals surface area contributed by atoms with Crippen molar-refractivity contribution in [1.82, 2.24) is 10.2 Å². The number of hydrogen-bond donors (Lipinski definition) is 3. The Bertz CT molecular complexity index is 1060. The highest BCUT2D eigenvalue weighted by Crippen LogP contribution is 2.32. The van der Waals surface area contributed by atoms with Gasteiger partial charge in [-0.2, -0.15) is 5.26 Å². The summed E-state index contributed by atoms with van der Waals surface area (Å²) in [5.74, 6) is -1.15. The second-order valence-corrected chi connectivity index (χ2v) is 6.56. The second kappa shape index (κ2) is 7.84. The van der Waals surface area contributed by atoms with E-state index in [1.54, 1.807) is 26.0 Å². The summed E-state index contributed by atoms with van der Waals surface area (Å²) in [5, 5.41) is 40.0. The standard InChI is InChI=1S/C19H16ClFN4O3/c1-9-14(6-4-12(8-22)16(9)20)23-17(10(2)26)19-25-24-18(28-19)11-3-5-13(21)15(27)7-11/h3-7,10,17,23,26-27H,1-2H3/t10-,17+/m0/s1. The highest BCUT2D eigenvalue weighted by Gasteiger charge is 2.25. The molecule has 3 aromatic rings. The number of nitriles is 1. The quantitative estimate of drug-likeness (QED) is 0.591. The molecule has 0 aliphatic heterocycles. The van der Waals surface area contributed by atoms with E-state index in [0.717, 1.165) is 6.07 Å². The molecule has 3 rings (SSSR count). The number of hydrogen-bond acceptors (Lipinski definition) is 7. The molecule has 0 saturated heterocycles. The van der Waals surface area contributed by atoms with Gasteiger partial charge in [-0.15, -0.1) is 10.2 Å². The van der Waals surface area contributed by atoms with Crippen molar-refractivity contribution in [3.05, 3.63) is 58.2 Å². The molecule has 1 aromatic heterocycles. The van der Waals surface area contributed by atoms with Gasteiger partial charge in [0.25, 0.3) is 0 Å². The first kappa shape index (κ1) is 19.6. The van der Waals surface area contributed by atoms with Crippen molar-refractivity contribution in [2.45, 2.75) is 26.0 Å². The van der Waals surface area contributed by atoms with E-state index in [1.165, 1.54) is 12.1 Å². The van der Waals surface area contributed by atoms with Crippen LogP contribution in [0.15, 0.2) is 34.7 Å². The zero-order valence-corrected chi connectivity index (χ0v) is 15.7. The fourth-order valence-electron chi connectivity index (χ4n) is 2.61. The van der Waals surface area contributed by atoms with Gasteiger partial charge in [-0.1, -0.05) is 11.6 Å². The Morgan fingerprint density at radius 2 is 2.04 bits per heavy atom. The summed E-state index contributed by atoms with van der Waals surface area (Å²) in [7, 11) is 0. The number of nitrogens with one attached hydrogen (secondary N) is 1. The van der Waals surface area contributed by atoms with E-state index in [9.17, 15) is 14.6 Å². The van der Waals surface area contributed by atoms with Crippen LogP contribution in [0.3, 0.4) is 0 Å². The van der Waals surface area contributed by atoms with Gasteiger partial charge in [0.2, 0.25) is 11.8 Å². The highest BCUT2D eigenvalue weighted by atomic mass is 35.5. The molecule has 0 bridgehead atoms. The molecule has 0 spiro atoms. The number of nitrogens with zero attached hydrogens (tertiary/aromatic N) is 3. The number of benzene rings is 2. The minimum Gasteiger partial charge on any atom is -0.505 e. The first-order chi connectivity index (χ1) is 13.3. The Morgan fingerprint density at radius 1 is 1.29 bits per heavy atom. The minimum atomic E-state index is -0.913. The number of rotatable bonds is 5. The normalized spacial score (nSPS) is 13.0. The minimum absolute atomic E-state index is 0.0623. The van der Waals surface area contributed by atoms with Gasteiger partial charge in [0.15, 0.2) is 11.6 Å². The summed E-state index contributed by atoms with van der Waals surface area (Å²) in [6, 6.07) is 8.12. The maximum Gasteiger partial charge on any atom is 0.248 e. The lowest BCUT2D eigenvalue weighted by Gasteiger charge is -2.21. The van der Waals surface area contributed by atoms with E-state index < -0.39 is 23.7 Å². The Morgan fingerprint density at radius 3 is 2.68 bits per heavy atom. The smallest absolute Gasteiger partial charge is 0.248 e. The van der Waals surface area contributed by atoms with E-state index in [1.807, 2.05) is 6.07 Å². The van der Waals surface area contributed by atoms with Crippen LogP contribution in [0.25, 0.3) is 11.5 Å². The summed E-state index contributed by atoms with van der Waals surface area (Å²) in [5.41, 5.74) is 1.90. The Kier molecular flexibility index (Phi) is 5.49. The van der Waals surface area contributed by atoms with E-state index in [0.29, 0.717) is 27.4 Å². The van der Waals surface area contributed by atoms with Crippen LogP contribution in [0, 0.1) is 24.1 Å². The lowest BCUT2D eigenvalue weighted by atomic mass is 10.1. The summed E-state index contributed by atoms with van der Waals surface area (Å²) in [4.78, 5) is 0. The van der Waals surface area contributed by atoms with E-state index in [2.05, 4.69) is 15.5 Å². The van der Waals surface area contributed by atoms with Crippen LogP contribution in [0.4, 0.5) is 10.1 Å². The Balaban J connectivity index is 1.92. The average molecular weight is 403 g/mol. The third kappa shape index (κ3) is 3.76. The Hall–Kier alpha value is -3.15. The Labute approximate surface area is 165 Å². The SMILES string of the molecule is Cc1c(N[C@@H](c2nnc(-c3ccc(F)c(O)c3)o2)[C@H](C)O)ccc(C#N)c1Cl. The van der Waals surface area contributed by atoms with Crippen molar-refractivity contribution < 1.29 is 19.0 Å². The zero-order valence-electron chi connectivity index (χ0n) is 14.9. The maximum atomic E-state index is 13.2. The number of aliphatic hydroxyl groups is 1. The second-order valence-electron chi connectivity index (χ2n) is 6.19. The molecule has 0 radical (unpaired) electrons. The van der Waals surface area contributed by atoms with E-state index in [4.69, 9.17) is 21.3 Å². The van der Waals surface area contributed by atoms with Crippen molar-refractivity contribution in [3.63, 3.8) is 0 Å². The van der Waals surface area contributed by atoms with Crippen LogP contribution in [-0.2, 0) is 0 Å². The van der Waals surface area contributed by atoms with Crippen LogP contribution < -0.4 is 5.32 Å². The summed E-state index contributed by atoms with van der Waals surface area (Å²) < 4.78 is 18.8. The molecule has 0 unspecified atom stereocenters. The molecule has 7 nitrogen and oxygen atoms in total. The topological polar surface area (TPSA) is 115 Å². The van der Waals surface area contributed by atoms with Gasteiger partial charge in [0, 0.05) is 11.3 Å². The molecular formula is C19H16ClFN4O3. The predicted octanol–water partition coefficient (Wildman–Crippen LogP) is 3.95. The van der Waals surface area contributed by atoms with Crippen LogP contribution >= 0.6 is 11.6 Å². The molecule has 0 amide bonds. The number of anilines is 1. The van der Waals surface area contributed by atoms with Crippen molar-refractivity contribution >= 4 is 17.3 Å². The molecule has 0 fully saturated rings. The first-order valence-corrected chi connectivity index (χ1v) is 8.65. The van der Waals surface area contributed by atoms with Crippen molar-refractivity contribution in [3.8, 4) is 23.3 Å². The lowest BCUT2D eigenvalue weighted by molar-refractivity contribution is 0.159. The first-order valence-electron chi connectivity index (χ1n) is 8.28. The number of aromatic hydroxyl groups is 1. The number of phenolic OH excluding ortho intramolecular Hbond substituents is 1. The van der Waals surface area contributed by atoms with Crippen molar-refractivity contribution in [2.75, 3.05) is 5.32 Å². The number of phenols is 1. The number of aromatic nitrogens is 2. The highest BCUT2D eigenvalue weighted by molar-refractivity contribution is 6.32. The van der Waals surface area contributed by atoms with Crippen LogP contribution in [-0.4, -0.2) is 26.5 Å². The average Bonchev–Trinajstić information content (AvgIpc) is 3.14. The zero-order chi connectivity index (χ0) is 20.4. The molecule has 3 N–H and O–H groups in total.